The van der Waals surface area contributed by atoms with Crippen molar-refractivity contribution < 1.29 is 0 Å². The fourth-order valence-corrected chi connectivity index (χ4v) is 0.497. The van der Waals surface area contributed by atoms with Crippen LogP contribution in [-0.4, -0.2) is 11.5 Å². The Bertz CT molecular complexity index is 192. The average Bonchev–Trinajstić information content (AvgIpc) is 2.19. The largest absolute Gasteiger partial charge is 0.330 e. The number of nitrogens with two attached hydrogens (primary N) is 1. The van der Waals surface area contributed by atoms with Crippen molar-refractivity contribution >= 4 is 6.08 Å². The number of pyridine rings is 1. The Morgan fingerprint density at radius 1 is 1.58 bits per heavy atom. The minimum atomic E-state index is 0.819. The molecule has 1 aromatic rings. The van der Waals surface area contributed by atoms with Gasteiger partial charge in [0.05, 0.1) is 5.69 Å². The van der Waals surface area contributed by atoms with E-state index in [9.17, 15) is 0 Å². The minimum Gasteiger partial charge on any atom is -0.330 e. The molecule has 0 aliphatic heterocycles. The molecule has 0 radical (unpaired) electrons. The summed E-state index contributed by atoms with van der Waals surface area (Å²) in [7, 11) is 0. The van der Waals surface area contributed by atoms with Crippen LogP contribution in [0.3, 0.4) is 0 Å². The van der Waals surface area contributed by atoms with Crippen molar-refractivity contribution in [2.24, 2.45) is 5.73 Å². The molecule has 0 saturated heterocycles. The van der Waals surface area contributed by atoms with E-state index in [1.807, 2.05) is 18.2 Å². The lowest BCUT2D eigenvalue weighted by atomic mass is 10.4. The highest BCUT2D eigenvalue weighted by Gasteiger charge is 1.77. The molecule has 0 saturated carbocycles. The number of hydrogen-bond acceptors (Lipinski definition) is 2. The SMILES string of the molecule is C=Cc1ccccn1.CCCN. The first-order valence-electron chi connectivity index (χ1n) is 4.08. The van der Waals surface area contributed by atoms with Crippen molar-refractivity contribution in [2.45, 2.75) is 13.3 Å². The highest BCUT2D eigenvalue weighted by molar-refractivity contribution is 5.40. The Hall–Kier alpha value is -1.15. The van der Waals surface area contributed by atoms with Gasteiger partial charge in [0.15, 0.2) is 0 Å². The van der Waals surface area contributed by atoms with Gasteiger partial charge in [-0.1, -0.05) is 19.6 Å². The molecule has 0 unspecified atom stereocenters. The van der Waals surface area contributed by atoms with E-state index < -0.39 is 0 Å². The predicted octanol–water partition coefficient (Wildman–Crippen LogP) is 2.08. The highest BCUT2D eigenvalue weighted by Crippen LogP contribution is 1.91. The summed E-state index contributed by atoms with van der Waals surface area (Å²) in [6.45, 7) is 6.44. The van der Waals surface area contributed by atoms with E-state index in [0.717, 1.165) is 18.7 Å². The van der Waals surface area contributed by atoms with E-state index in [2.05, 4.69) is 18.5 Å². The molecule has 1 rings (SSSR count). The maximum absolute atomic E-state index is 5.03. The van der Waals surface area contributed by atoms with Crippen molar-refractivity contribution in [1.82, 2.24) is 4.98 Å². The Morgan fingerprint density at radius 2 is 2.25 bits per heavy atom. The quantitative estimate of drug-likeness (QED) is 0.726. The van der Waals surface area contributed by atoms with Crippen molar-refractivity contribution in [3.8, 4) is 0 Å². The molecule has 12 heavy (non-hydrogen) atoms. The van der Waals surface area contributed by atoms with Crippen LogP contribution in [0.2, 0.25) is 0 Å². The lowest BCUT2D eigenvalue weighted by Gasteiger charge is -1.84. The standard InChI is InChI=1S/C7H7N.C3H9N/c1-2-7-5-3-4-6-8-7;1-2-3-4/h2-6H,1H2;2-4H2,1H3. The zero-order chi connectivity index (χ0) is 9.23. The summed E-state index contributed by atoms with van der Waals surface area (Å²) in [5, 5.41) is 0. The maximum atomic E-state index is 5.03. The molecule has 2 heteroatoms. The van der Waals surface area contributed by atoms with Gasteiger partial charge in [0.1, 0.15) is 0 Å². The summed E-state index contributed by atoms with van der Waals surface area (Å²) < 4.78 is 0. The average molecular weight is 164 g/mol. The number of hydrogen-bond donors (Lipinski definition) is 1. The smallest absolute Gasteiger partial charge is 0.0623 e. The first-order valence-corrected chi connectivity index (χ1v) is 4.08. The van der Waals surface area contributed by atoms with E-state index in [1.54, 1.807) is 12.3 Å². The van der Waals surface area contributed by atoms with Gasteiger partial charge in [-0.25, -0.2) is 0 Å². The Kier molecular flexibility index (Phi) is 7.19. The van der Waals surface area contributed by atoms with Crippen LogP contribution < -0.4 is 5.73 Å². The van der Waals surface area contributed by atoms with Gasteiger partial charge >= 0.3 is 0 Å². The molecule has 0 amide bonds. The lowest BCUT2D eigenvalue weighted by Crippen LogP contribution is -1.93. The highest BCUT2D eigenvalue weighted by atomic mass is 14.6. The van der Waals surface area contributed by atoms with Crippen molar-refractivity contribution in [2.75, 3.05) is 6.54 Å². The van der Waals surface area contributed by atoms with Crippen LogP contribution in [0.1, 0.15) is 19.0 Å². The normalized spacial score (nSPS) is 8.17. The van der Waals surface area contributed by atoms with Gasteiger partial charge < -0.3 is 5.73 Å². The lowest BCUT2D eigenvalue weighted by molar-refractivity contribution is 0.932. The monoisotopic (exact) mass is 164 g/mol. The second-order valence-corrected chi connectivity index (χ2v) is 2.25. The maximum Gasteiger partial charge on any atom is 0.0623 e. The molecular weight excluding hydrogens is 148 g/mol. The predicted molar refractivity (Wildman–Crippen MR) is 53.7 cm³/mol. The summed E-state index contributed by atoms with van der Waals surface area (Å²) in [4.78, 5) is 3.98. The fourth-order valence-electron chi connectivity index (χ4n) is 0.497. The first kappa shape index (κ1) is 10.8. The number of rotatable bonds is 2. The van der Waals surface area contributed by atoms with E-state index in [-0.39, 0.29) is 0 Å². The topological polar surface area (TPSA) is 38.9 Å². The molecule has 0 aromatic carbocycles. The first-order chi connectivity index (χ1) is 5.85. The molecule has 1 heterocycles. The van der Waals surface area contributed by atoms with E-state index in [4.69, 9.17) is 5.73 Å². The van der Waals surface area contributed by atoms with Crippen LogP contribution in [0.5, 0.6) is 0 Å². The van der Waals surface area contributed by atoms with Crippen LogP contribution in [0, 0.1) is 0 Å². The summed E-state index contributed by atoms with van der Waals surface area (Å²) in [6.07, 6.45) is 4.57. The van der Waals surface area contributed by atoms with Crippen LogP contribution in [0.15, 0.2) is 31.0 Å². The van der Waals surface area contributed by atoms with E-state index in [0.29, 0.717) is 0 Å². The van der Waals surface area contributed by atoms with Crippen LogP contribution in [0.4, 0.5) is 0 Å². The van der Waals surface area contributed by atoms with Gasteiger partial charge in [-0.2, -0.15) is 0 Å². The molecule has 0 atom stereocenters. The van der Waals surface area contributed by atoms with E-state index >= 15 is 0 Å². The van der Waals surface area contributed by atoms with Gasteiger partial charge in [-0.3, -0.25) is 4.98 Å². The Labute approximate surface area is 74.1 Å². The molecule has 66 valence electrons. The third kappa shape index (κ3) is 5.62. The van der Waals surface area contributed by atoms with Crippen LogP contribution in [0.25, 0.3) is 6.08 Å². The molecule has 2 nitrogen and oxygen atoms in total. The molecule has 0 bridgehead atoms. The van der Waals surface area contributed by atoms with Gasteiger partial charge in [-0.15, -0.1) is 0 Å². The number of aromatic nitrogens is 1. The second kappa shape index (κ2) is 7.95. The summed E-state index contributed by atoms with van der Waals surface area (Å²) in [5.74, 6) is 0. The van der Waals surface area contributed by atoms with Gasteiger partial charge in [-0.05, 0) is 31.2 Å². The van der Waals surface area contributed by atoms with Crippen molar-refractivity contribution in [1.29, 1.82) is 0 Å². The van der Waals surface area contributed by atoms with Gasteiger partial charge in [0.2, 0.25) is 0 Å². The van der Waals surface area contributed by atoms with E-state index in [1.165, 1.54) is 0 Å². The van der Waals surface area contributed by atoms with Gasteiger partial charge in [0.25, 0.3) is 0 Å². The molecule has 2 N–H and O–H groups in total. The van der Waals surface area contributed by atoms with Crippen molar-refractivity contribution in [3.63, 3.8) is 0 Å². The van der Waals surface area contributed by atoms with Crippen LogP contribution >= 0.6 is 0 Å². The fraction of sp³-hybridized carbons (Fsp3) is 0.300. The molecule has 0 aliphatic rings. The third-order valence-electron chi connectivity index (χ3n) is 1.19. The third-order valence-corrected chi connectivity index (χ3v) is 1.19. The Balaban J connectivity index is 0.000000261. The van der Waals surface area contributed by atoms with Crippen molar-refractivity contribution in [3.05, 3.63) is 36.7 Å². The van der Waals surface area contributed by atoms with Gasteiger partial charge in [0, 0.05) is 6.20 Å². The summed E-state index contributed by atoms with van der Waals surface area (Å²) >= 11 is 0. The molecule has 0 aliphatic carbocycles. The molecule has 0 fully saturated rings. The van der Waals surface area contributed by atoms with Crippen LogP contribution in [-0.2, 0) is 0 Å². The summed E-state index contributed by atoms with van der Waals surface area (Å²) in [5.41, 5.74) is 5.95. The molecule has 0 spiro atoms. The number of nitrogens with zero attached hydrogens (tertiary/aromatic N) is 1. The zero-order valence-corrected chi connectivity index (χ0v) is 7.53. The Morgan fingerprint density at radius 3 is 2.50 bits per heavy atom. The minimum absolute atomic E-state index is 0.819. The zero-order valence-electron chi connectivity index (χ0n) is 7.53. The molecule has 1 aromatic heterocycles. The summed E-state index contributed by atoms with van der Waals surface area (Å²) in [6, 6.07) is 5.73. The molecular formula is C10H16N2. The second-order valence-electron chi connectivity index (χ2n) is 2.25.